The molecule has 2 unspecified atom stereocenters. The summed E-state index contributed by atoms with van der Waals surface area (Å²) >= 11 is 0. The molecule has 0 aliphatic carbocycles. The number of rotatable bonds is 3. The minimum absolute atomic E-state index is 0.0752. The number of anilines is 1. The molecule has 8 nitrogen and oxygen atoms in total. The van der Waals surface area contributed by atoms with Crippen LogP contribution in [0.1, 0.15) is 19.8 Å². The lowest BCUT2D eigenvalue weighted by Crippen LogP contribution is -2.39. The molecule has 2 N–H and O–H groups in total. The van der Waals surface area contributed by atoms with Crippen LogP contribution in [0.25, 0.3) is 10.9 Å². The summed E-state index contributed by atoms with van der Waals surface area (Å²) in [5.74, 6) is 0.0752. The third-order valence-corrected chi connectivity index (χ3v) is 4.41. The first kappa shape index (κ1) is 15.4. The predicted molar refractivity (Wildman–Crippen MR) is 85.6 cm³/mol. The number of nitrogens with one attached hydrogen (secondary N) is 1. The number of nitro groups is 1. The molecule has 1 fully saturated rings. The molecule has 3 rings (SSSR count). The fourth-order valence-electron chi connectivity index (χ4n) is 3.11. The summed E-state index contributed by atoms with van der Waals surface area (Å²) in [6.07, 6.45) is 2.58. The first-order chi connectivity index (χ1) is 11.0. The second kappa shape index (κ2) is 5.96. The van der Waals surface area contributed by atoms with E-state index in [-0.39, 0.29) is 17.0 Å². The Balaban J connectivity index is 2.10. The largest absolute Gasteiger partial charge is 0.393 e. The topological polar surface area (TPSA) is 112 Å². The molecular formula is C15H18N4O4. The molecule has 0 bridgehead atoms. The van der Waals surface area contributed by atoms with Crippen LogP contribution < -0.4 is 10.5 Å². The van der Waals surface area contributed by atoms with Crippen LogP contribution in [-0.4, -0.2) is 39.2 Å². The molecule has 1 aromatic carbocycles. The molecule has 2 aromatic rings. The monoisotopic (exact) mass is 318 g/mol. The second-order valence-corrected chi connectivity index (χ2v) is 5.94. The summed E-state index contributed by atoms with van der Waals surface area (Å²) in [5, 5.41) is 21.4. The van der Waals surface area contributed by atoms with Crippen molar-refractivity contribution >= 4 is 22.3 Å². The van der Waals surface area contributed by atoms with E-state index in [1.165, 1.54) is 12.4 Å². The van der Waals surface area contributed by atoms with Crippen molar-refractivity contribution in [3.05, 3.63) is 38.9 Å². The maximum absolute atomic E-state index is 11.8. The molecule has 1 aromatic heterocycles. The van der Waals surface area contributed by atoms with Crippen LogP contribution in [0.15, 0.2) is 23.3 Å². The first-order valence-corrected chi connectivity index (χ1v) is 7.56. The van der Waals surface area contributed by atoms with E-state index in [0.717, 1.165) is 12.8 Å². The summed E-state index contributed by atoms with van der Waals surface area (Å²) in [6.45, 7) is 2.97. The molecule has 0 saturated carbocycles. The quantitative estimate of drug-likeness (QED) is 0.654. The van der Waals surface area contributed by atoms with Gasteiger partial charge in [-0.3, -0.25) is 14.9 Å². The van der Waals surface area contributed by atoms with Crippen LogP contribution >= 0.6 is 0 Å². The Kier molecular flexibility index (Phi) is 3.99. The van der Waals surface area contributed by atoms with Crippen LogP contribution in [0.2, 0.25) is 0 Å². The Morgan fingerprint density at radius 2 is 2.30 bits per heavy atom. The van der Waals surface area contributed by atoms with Crippen molar-refractivity contribution in [1.29, 1.82) is 0 Å². The SMILES string of the molecule is CC(O)C1CCCN(c2cc3nc[nH]c(=O)c3cc2[N+](=O)[O-])C1. The maximum Gasteiger partial charge on any atom is 0.293 e. The van der Waals surface area contributed by atoms with Crippen molar-refractivity contribution in [2.45, 2.75) is 25.9 Å². The third kappa shape index (κ3) is 2.89. The van der Waals surface area contributed by atoms with Crippen LogP contribution in [0.4, 0.5) is 11.4 Å². The minimum atomic E-state index is -0.479. The van der Waals surface area contributed by atoms with Crippen molar-refractivity contribution in [2.24, 2.45) is 5.92 Å². The zero-order chi connectivity index (χ0) is 16.6. The van der Waals surface area contributed by atoms with Gasteiger partial charge >= 0.3 is 0 Å². The highest BCUT2D eigenvalue weighted by Gasteiger charge is 2.28. The third-order valence-electron chi connectivity index (χ3n) is 4.41. The van der Waals surface area contributed by atoms with Crippen molar-refractivity contribution < 1.29 is 10.0 Å². The number of aliphatic hydroxyl groups is 1. The lowest BCUT2D eigenvalue weighted by molar-refractivity contribution is -0.384. The number of aliphatic hydroxyl groups excluding tert-OH is 1. The molecule has 2 atom stereocenters. The van der Waals surface area contributed by atoms with Crippen molar-refractivity contribution in [3.8, 4) is 0 Å². The molecule has 23 heavy (non-hydrogen) atoms. The summed E-state index contributed by atoms with van der Waals surface area (Å²) < 4.78 is 0. The average molecular weight is 318 g/mol. The van der Waals surface area contributed by atoms with E-state index in [2.05, 4.69) is 9.97 Å². The van der Waals surface area contributed by atoms with Gasteiger partial charge in [0.1, 0.15) is 5.69 Å². The number of hydrogen-bond donors (Lipinski definition) is 2. The van der Waals surface area contributed by atoms with E-state index >= 15 is 0 Å². The molecule has 0 amide bonds. The van der Waals surface area contributed by atoms with Gasteiger partial charge in [-0.15, -0.1) is 0 Å². The van der Waals surface area contributed by atoms with E-state index in [1.807, 2.05) is 4.90 Å². The highest BCUT2D eigenvalue weighted by molar-refractivity contribution is 5.87. The smallest absolute Gasteiger partial charge is 0.293 e. The van der Waals surface area contributed by atoms with Gasteiger partial charge in [0.15, 0.2) is 0 Å². The second-order valence-electron chi connectivity index (χ2n) is 5.94. The molecule has 0 radical (unpaired) electrons. The first-order valence-electron chi connectivity index (χ1n) is 7.56. The highest BCUT2D eigenvalue weighted by atomic mass is 16.6. The minimum Gasteiger partial charge on any atom is -0.393 e. The summed E-state index contributed by atoms with van der Waals surface area (Å²) in [4.78, 5) is 31.2. The number of aromatic amines is 1. The zero-order valence-corrected chi connectivity index (χ0v) is 12.7. The van der Waals surface area contributed by atoms with Crippen molar-refractivity contribution in [1.82, 2.24) is 9.97 Å². The van der Waals surface area contributed by atoms with Crippen LogP contribution in [0, 0.1) is 16.0 Å². The van der Waals surface area contributed by atoms with Gasteiger partial charge in [0.2, 0.25) is 0 Å². The van der Waals surface area contributed by atoms with Gasteiger partial charge in [0, 0.05) is 25.1 Å². The fourth-order valence-corrected chi connectivity index (χ4v) is 3.11. The fraction of sp³-hybridized carbons (Fsp3) is 0.467. The van der Waals surface area contributed by atoms with E-state index in [1.54, 1.807) is 13.0 Å². The van der Waals surface area contributed by atoms with E-state index < -0.39 is 16.6 Å². The van der Waals surface area contributed by atoms with Gasteiger partial charge in [-0.05, 0) is 25.8 Å². The number of fused-ring (bicyclic) bond motifs is 1. The van der Waals surface area contributed by atoms with Gasteiger partial charge in [-0.1, -0.05) is 0 Å². The summed E-state index contributed by atoms with van der Waals surface area (Å²) in [6, 6.07) is 2.87. The Bertz CT molecular complexity index is 802. The van der Waals surface area contributed by atoms with Crippen molar-refractivity contribution in [3.63, 3.8) is 0 Å². The van der Waals surface area contributed by atoms with Gasteiger partial charge < -0.3 is 15.0 Å². The lowest BCUT2D eigenvalue weighted by atomic mass is 9.93. The van der Waals surface area contributed by atoms with Crippen LogP contribution in [0.5, 0.6) is 0 Å². The van der Waals surface area contributed by atoms with E-state index in [0.29, 0.717) is 24.3 Å². The predicted octanol–water partition coefficient (Wildman–Crippen LogP) is 1.43. The van der Waals surface area contributed by atoms with Crippen LogP contribution in [-0.2, 0) is 0 Å². The van der Waals surface area contributed by atoms with E-state index in [4.69, 9.17) is 0 Å². The zero-order valence-electron chi connectivity index (χ0n) is 12.7. The lowest BCUT2D eigenvalue weighted by Gasteiger charge is -2.35. The molecule has 0 spiro atoms. The summed E-state index contributed by atoms with van der Waals surface area (Å²) in [7, 11) is 0. The maximum atomic E-state index is 11.8. The Labute approximate surface area is 131 Å². The number of benzene rings is 1. The molecule has 122 valence electrons. The Hall–Kier alpha value is -2.48. The number of piperidine rings is 1. The number of aromatic nitrogens is 2. The van der Waals surface area contributed by atoms with Gasteiger partial charge in [0.25, 0.3) is 11.2 Å². The highest BCUT2D eigenvalue weighted by Crippen LogP contribution is 2.34. The Morgan fingerprint density at radius 3 is 3.00 bits per heavy atom. The van der Waals surface area contributed by atoms with Gasteiger partial charge in [-0.25, -0.2) is 4.98 Å². The average Bonchev–Trinajstić information content (AvgIpc) is 2.54. The molecule has 1 aliphatic heterocycles. The van der Waals surface area contributed by atoms with Gasteiger partial charge in [0.05, 0.1) is 28.3 Å². The standard InChI is InChI=1S/C15H18N4O4/c1-9(20)10-3-2-4-18(7-10)13-6-12-11(5-14(13)19(22)23)15(21)17-8-16-12/h5-6,8-10,20H,2-4,7H2,1H3,(H,16,17,21). The number of nitrogens with zero attached hydrogens (tertiary/aromatic N) is 3. The number of H-pyrrole nitrogens is 1. The molecule has 1 saturated heterocycles. The number of nitro benzene ring substituents is 1. The molecule has 2 heterocycles. The summed E-state index contributed by atoms with van der Waals surface area (Å²) in [5.41, 5.74) is 0.367. The molecule has 8 heteroatoms. The van der Waals surface area contributed by atoms with Gasteiger partial charge in [-0.2, -0.15) is 0 Å². The number of hydrogen-bond acceptors (Lipinski definition) is 6. The molecular weight excluding hydrogens is 300 g/mol. The van der Waals surface area contributed by atoms with E-state index in [9.17, 15) is 20.0 Å². The van der Waals surface area contributed by atoms with Crippen LogP contribution in [0.3, 0.4) is 0 Å². The van der Waals surface area contributed by atoms with Crippen molar-refractivity contribution in [2.75, 3.05) is 18.0 Å². The Morgan fingerprint density at radius 1 is 1.52 bits per heavy atom. The normalized spacial score (nSPS) is 19.7. The molecule has 1 aliphatic rings.